The molecule has 0 atom stereocenters. The van der Waals surface area contributed by atoms with E-state index in [4.69, 9.17) is 4.74 Å². The van der Waals surface area contributed by atoms with Crippen molar-refractivity contribution in [2.24, 2.45) is 4.99 Å². The van der Waals surface area contributed by atoms with Crippen molar-refractivity contribution in [1.82, 2.24) is 0 Å². The fraction of sp³-hybridized carbons (Fsp3) is 0.250. The van der Waals surface area contributed by atoms with Gasteiger partial charge in [0, 0.05) is 19.0 Å². The first-order chi connectivity index (χ1) is 7.13. The Kier molecular flexibility index (Phi) is 4.03. The molecule has 0 unspecified atom stereocenters. The van der Waals surface area contributed by atoms with Crippen molar-refractivity contribution < 1.29 is 9.13 Å². The zero-order valence-electron chi connectivity index (χ0n) is 8.96. The summed E-state index contributed by atoms with van der Waals surface area (Å²) < 4.78 is 18.0. The van der Waals surface area contributed by atoms with Gasteiger partial charge in [0.1, 0.15) is 11.6 Å². The molecule has 1 aromatic rings. The van der Waals surface area contributed by atoms with Gasteiger partial charge in [0.2, 0.25) is 0 Å². The molecule has 0 spiro atoms. The SMILES string of the molecule is C=C(OC(C)=NCC)c1ccc(F)cc1. The van der Waals surface area contributed by atoms with Gasteiger partial charge in [0.25, 0.3) is 0 Å². The third-order valence-corrected chi connectivity index (χ3v) is 1.82. The molecule has 0 N–H and O–H groups in total. The molecule has 0 amide bonds. The maximum Gasteiger partial charge on any atom is 0.187 e. The largest absolute Gasteiger partial charge is 0.444 e. The number of ether oxygens (including phenoxy) is 1. The smallest absolute Gasteiger partial charge is 0.187 e. The number of benzene rings is 1. The first kappa shape index (κ1) is 11.4. The molecule has 0 radical (unpaired) electrons. The zero-order valence-corrected chi connectivity index (χ0v) is 8.96. The summed E-state index contributed by atoms with van der Waals surface area (Å²) in [6.45, 7) is 8.11. The molecular weight excluding hydrogens is 193 g/mol. The fourth-order valence-electron chi connectivity index (χ4n) is 1.13. The molecule has 80 valence electrons. The lowest BCUT2D eigenvalue weighted by atomic mass is 10.2. The molecular formula is C12H14FNO. The van der Waals surface area contributed by atoms with Crippen molar-refractivity contribution in [1.29, 1.82) is 0 Å². The van der Waals surface area contributed by atoms with E-state index in [0.29, 0.717) is 18.2 Å². The highest BCUT2D eigenvalue weighted by atomic mass is 19.1. The minimum absolute atomic E-state index is 0.273. The van der Waals surface area contributed by atoms with E-state index >= 15 is 0 Å². The monoisotopic (exact) mass is 207 g/mol. The Morgan fingerprint density at radius 1 is 1.40 bits per heavy atom. The van der Waals surface area contributed by atoms with Crippen LogP contribution in [0.1, 0.15) is 19.4 Å². The first-order valence-electron chi connectivity index (χ1n) is 4.77. The van der Waals surface area contributed by atoms with Crippen molar-refractivity contribution in [3.8, 4) is 0 Å². The summed E-state index contributed by atoms with van der Waals surface area (Å²) in [7, 11) is 0. The maximum absolute atomic E-state index is 12.6. The molecule has 0 aliphatic heterocycles. The highest BCUT2D eigenvalue weighted by Crippen LogP contribution is 2.14. The van der Waals surface area contributed by atoms with Crippen LogP contribution in [0.5, 0.6) is 0 Å². The van der Waals surface area contributed by atoms with Gasteiger partial charge < -0.3 is 4.74 Å². The van der Waals surface area contributed by atoms with Crippen LogP contribution < -0.4 is 0 Å². The zero-order chi connectivity index (χ0) is 11.3. The lowest BCUT2D eigenvalue weighted by molar-refractivity contribution is 0.502. The molecule has 0 saturated heterocycles. The van der Waals surface area contributed by atoms with Crippen LogP contribution in [-0.2, 0) is 4.74 Å². The van der Waals surface area contributed by atoms with Crippen molar-refractivity contribution >= 4 is 11.7 Å². The minimum Gasteiger partial charge on any atom is -0.444 e. The summed E-state index contributed by atoms with van der Waals surface area (Å²) in [6.07, 6.45) is 0. The topological polar surface area (TPSA) is 21.6 Å². The Bertz CT molecular complexity index is 368. The predicted octanol–water partition coefficient (Wildman–Crippen LogP) is 3.25. The second kappa shape index (κ2) is 5.29. The molecule has 0 saturated carbocycles. The second-order valence-electron chi connectivity index (χ2n) is 3.03. The Labute approximate surface area is 89.1 Å². The number of halogens is 1. The summed E-state index contributed by atoms with van der Waals surface area (Å²) >= 11 is 0. The van der Waals surface area contributed by atoms with Crippen LogP contribution in [-0.4, -0.2) is 12.4 Å². The third-order valence-electron chi connectivity index (χ3n) is 1.82. The van der Waals surface area contributed by atoms with Gasteiger partial charge in [-0.3, -0.25) is 4.99 Å². The number of aliphatic imine (C=N–C) groups is 1. The van der Waals surface area contributed by atoms with Crippen molar-refractivity contribution in [2.75, 3.05) is 6.54 Å². The molecule has 0 aromatic heterocycles. The number of hydrogen-bond donors (Lipinski definition) is 0. The van der Waals surface area contributed by atoms with Gasteiger partial charge in [-0.2, -0.15) is 0 Å². The standard InChI is InChI=1S/C12H14FNO/c1-4-14-10(3)15-9(2)11-5-7-12(13)8-6-11/h5-8H,2,4H2,1,3H3. The van der Waals surface area contributed by atoms with Crippen LogP contribution in [0.25, 0.3) is 5.76 Å². The molecule has 1 rings (SSSR count). The summed E-state index contributed by atoms with van der Waals surface area (Å²) in [5, 5.41) is 0. The molecule has 0 heterocycles. The highest BCUT2D eigenvalue weighted by Gasteiger charge is 2.01. The van der Waals surface area contributed by atoms with Crippen LogP contribution in [0.15, 0.2) is 35.8 Å². The summed E-state index contributed by atoms with van der Waals surface area (Å²) in [5.41, 5.74) is 0.752. The van der Waals surface area contributed by atoms with E-state index in [1.807, 2.05) is 6.92 Å². The normalized spacial score (nSPS) is 11.3. The molecule has 0 bridgehead atoms. The van der Waals surface area contributed by atoms with Crippen LogP contribution in [0.2, 0.25) is 0 Å². The minimum atomic E-state index is -0.273. The van der Waals surface area contributed by atoms with Gasteiger partial charge in [-0.1, -0.05) is 6.58 Å². The van der Waals surface area contributed by atoms with Gasteiger partial charge in [0.15, 0.2) is 5.90 Å². The van der Waals surface area contributed by atoms with E-state index in [1.165, 1.54) is 12.1 Å². The van der Waals surface area contributed by atoms with Gasteiger partial charge in [-0.25, -0.2) is 4.39 Å². The van der Waals surface area contributed by atoms with Crippen LogP contribution >= 0.6 is 0 Å². The second-order valence-corrected chi connectivity index (χ2v) is 3.03. The van der Waals surface area contributed by atoms with E-state index in [1.54, 1.807) is 19.1 Å². The maximum atomic E-state index is 12.6. The van der Waals surface area contributed by atoms with E-state index < -0.39 is 0 Å². The molecule has 0 aliphatic carbocycles. The lowest BCUT2D eigenvalue weighted by Gasteiger charge is -2.07. The van der Waals surface area contributed by atoms with E-state index in [-0.39, 0.29) is 5.82 Å². The molecule has 1 aromatic carbocycles. The van der Waals surface area contributed by atoms with Gasteiger partial charge in [-0.15, -0.1) is 0 Å². The first-order valence-corrected chi connectivity index (χ1v) is 4.77. The fourth-order valence-corrected chi connectivity index (χ4v) is 1.13. The van der Waals surface area contributed by atoms with Gasteiger partial charge in [-0.05, 0) is 31.2 Å². The van der Waals surface area contributed by atoms with Crippen LogP contribution in [0.3, 0.4) is 0 Å². The average Bonchev–Trinajstić information content (AvgIpc) is 2.18. The van der Waals surface area contributed by atoms with Crippen LogP contribution in [0.4, 0.5) is 4.39 Å². The third kappa shape index (κ3) is 3.54. The molecule has 15 heavy (non-hydrogen) atoms. The molecule has 0 fully saturated rings. The van der Waals surface area contributed by atoms with Crippen molar-refractivity contribution in [3.63, 3.8) is 0 Å². The van der Waals surface area contributed by atoms with E-state index in [9.17, 15) is 4.39 Å². The van der Waals surface area contributed by atoms with E-state index in [0.717, 1.165) is 5.56 Å². The predicted molar refractivity (Wildman–Crippen MR) is 60.2 cm³/mol. The number of hydrogen-bond acceptors (Lipinski definition) is 2. The summed E-state index contributed by atoms with van der Waals surface area (Å²) in [6, 6.07) is 5.99. The Hall–Kier alpha value is -1.64. The quantitative estimate of drug-likeness (QED) is 0.423. The average molecular weight is 207 g/mol. The Morgan fingerprint density at radius 3 is 2.53 bits per heavy atom. The summed E-state index contributed by atoms with van der Waals surface area (Å²) in [5.74, 6) is 0.766. The Morgan fingerprint density at radius 2 is 2.00 bits per heavy atom. The van der Waals surface area contributed by atoms with Gasteiger partial charge in [0.05, 0.1) is 0 Å². The number of rotatable bonds is 3. The molecule has 2 nitrogen and oxygen atoms in total. The van der Waals surface area contributed by atoms with Gasteiger partial charge >= 0.3 is 0 Å². The van der Waals surface area contributed by atoms with Crippen molar-refractivity contribution in [2.45, 2.75) is 13.8 Å². The Balaban J connectivity index is 2.69. The van der Waals surface area contributed by atoms with E-state index in [2.05, 4.69) is 11.6 Å². The molecule has 3 heteroatoms. The molecule has 0 aliphatic rings. The lowest BCUT2D eigenvalue weighted by Crippen LogP contribution is -1.99. The number of nitrogens with zero attached hydrogens (tertiary/aromatic N) is 1. The van der Waals surface area contributed by atoms with Crippen LogP contribution in [0, 0.1) is 5.82 Å². The highest BCUT2D eigenvalue weighted by molar-refractivity contribution is 5.80. The van der Waals surface area contributed by atoms with Crippen molar-refractivity contribution in [3.05, 3.63) is 42.2 Å². The summed E-state index contributed by atoms with van der Waals surface area (Å²) in [4.78, 5) is 4.07.